The maximum Gasteiger partial charge on any atom is 0.140 e. The Balaban J connectivity index is 1.97. The molecule has 1 unspecified atom stereocenters. The molecule has 26 heavy (non-hydrogen) atoms. The van der Waals surface area contributed by atoms with Crippen LogP contribution in [0.5, 0.6) is 5.75 Å². The van der Waals surface area contributed by atoms with Crippen molar-refractivity contribution in [2.24, 2.45) is 0 Å². The van der Waals surface area contributed by atoms with E-state index in [1.165, 1.54) is 0 Å². The average molecular weight is 354 g/mol. The second kappa shape index (κ2) is 10.8. The number of carbonyl (C=O) groups is 1. The van der Waals surface area contributed by atoms with E-state index in [9.17, 15) is 4.79 Å². The van der Waals surface area contributed by atoms with Crippen LogP contribution in [0.2, 0.25) is 0 Å². The first-order valence-corrected chi connectivity index (χ1v) is 9.69. The summed E-state index contributed by atoms with van der Waals surface area (Å²) in [6.45, 7) is 10.00. The van der Waals surface area contributed by atoms with Crippen LogP contribution < -0.4 is 4.74 Å². The zero-order chi connectivity index (χ0) is 18.8. The minimum absolute atomic E-state index is 0.0735. The first-order valence-electron chi connectivity index (χ1n) is 9.69. The summed E-state index contributed by atoms with van der Waals surface area (Å²) in [6.07, 6.45) is 1.29. The van der Waals surface area contributed by atoms with E-state index < -0.39 is 0 Å². The molecule has 0 aliphatic rings. The number of carbonyl (C=O) groups excluding carboxylic acids is 1. The number of likely N-dealkylation sites (N-methyl/N-ethyl adjacent to an activating group) is 1. The molecule has 0 spiro atoms. The van der Waals surface area contributed by atoms with Crippen LogP contribution in [0.3, 0.4) is 0 Å². The quantitative estimate of drug-likeness (QED) is 0.586. The molecule has 0 aromatic heterocycles. The fraction of sp³-hybridized carbons (Fsp3) is 0.435. The maximum absolute atomic E-state index is 12.4. The molecule has 2 rings (SSSR count). The third-order valence-corrected chi connectivity index (χ3v) is 4.87. The predicted molar refractivity (Wildman–Crippen MR) is 108 cm³/mol. The SMILES string of the molecule is CCC(=O)C(Cc1ccc(OCCN(CC)CC)cc1)c1ccccc1. The van der Waals surface area contributed by atoms with Gasteiger partial charge in [-0.25, -0.2) is 0 Å². The van der Waals surface area contributed by atoms with Gasteiger partial charge in [0.2, 0.25) is 0 Å². The average Bonchev–Trinajstić information content (AvgIpc) is 2.70. The molecule has 0 aliphatic heterocycles. The number of ketones is 1. The molecule has 2 aromatic rings. The van der Waals surface area contributed by atoms with Gasteiger partial charge in [0.25, 0.3) is 0 Å². The number of benzene rings is 2. The lowest BCUT2D eigenvalue weighted by Gasteiger charge is -2.18. The van der Waals surface area contributed by atoms with E-state index in [-0.39, 0.29) is 11.7 Å². The van der Waals surface area contributed by atoms with Crippen molar-refractivity contribution in [1.82, 2.24) is 4.90 Å². The summed E-state index contributed by atoms with van der Waals surface area (Å²) in [6, 6.07) is 18.2. The predicted octanol–water partition coefficient (Wildman–Crippen LogP) is 4.71. The lowest BCUT2D eigenvalue weighted by atomic mass is 9.87. The fourth-order valence-corrected chi connectivity index (χ4v) is 3.14. The van der Waals surface area contributed by atoms with Crippen molar-refractivity contribution in [3.63, 3.8) is 0 Å². The summed E-state index contributed by atoms with van der Waals surface area (Å²) >= 11 is 0. The second-order valence-electron chi connectivity index (χ2n) is 6.51. The molecule has 0 saturated heterocycles. The van der Waals surface area contributed by atoms with E-state index in [4.69, 9.17) is 4.74 Å². The zero-order valence-electron chi connectivity index (χ0n) is 16.3. The van der Waals surface area contributed by atoms with Gasteiger partial charge in [-0.05, 0) is 42.8 Å². The summed E-state index contributed by atoms with van der Waals surface area (Å²) < 4.78 is 5.84. The Hall–Kier alpha value is -2.13. The van der Waals surface area contributed by atoms with E-state index in [1.807, 2.05) is 49.4 Å². The van der Waals surface area contributed by atoms with Gasteiger partial charge in [-0.2, -0.15) is 0 Å². The number of nitrogens with zero attached hydrogens (tertiary/aromatic N) is 1. The first kappa shape index (κ1) is 20.2. The molecule has 3 heteroatoms. The largest absolute Gasteiger partial charge is 0.492 e. The molecule has 3 nitrogen and oxygen atoms in total. The number of hydrogen-bond acceptors (Lipinski definition) is 3. The van der Waals surface area contributed by atoms with Crippen LogP contribution in [-0.2, 0) is 11.2 Å². The molecule has 0 saturated carbocycles. The summed E-state index contributed by atoms with van der Waals surface area (Å²) in [5.41, 5.74) is 2.26. The number of rotatable bonds is 11. The van der Waals surface area contributed by atoms with Crippen molar-refractivity contribution < 1.29 is 9.53 Å². The number of ether oxygens (including phenoxy) is 1. The van der Waals surface area contributed by atoms with Gasteiger partial charge in [0.05, 0.1) is 0 Å². The molecule has 0 heterocycles. The lowest BCUT2D eigenvalue weighted by molar-refractivity contribution is -0.120. The maximum atomic E-state index is 12.4. The lowest BCUT2D eigenvalue weighted by Crippen LogP contribution is -2.27. The van der Waals surface area contributed by atoms with Crippen LogP contribution >= 0.6 is 0 Å². The topological polar surface area (TPSA) is 29.5 Å². The van der Waals surface area contributed by atoms with E-state index in [2.05, 4.69) is 30.9 Å². The Morgan fingerprint density at radius 1 is 0.962 bits per heavy atom. The van der Waals surface area contributed by atoms with E-state index >= 15 is 0 Å². The monoisotopic (exact) mass is 353 g/mol. The van der Waals surface area contributed by atoms with Crippen LogP contribution in [0.25, 0.3) is 0 Å². The van der Waals surface area contributed by atoms with Crippen molar-refractivity contribution in [2.75, 3.05) is 26.2 Å². The highest BCUT2D eigenvalue weighted by molar-refractivity contribution is 5.85. The molecule has 2 aromatic carbocycles. The standard InChI is InChI=1S/C23H31NO2/c1-4-23(25)22(20-10-8-7-9-11-20)18-19-12-14-21(15-13-19)26-17-16-24(5-2)6-3/h7-15,22H,4-6,16-18H2,1-3H3. The third kappa shape index (κ3) is 5.99. The molecular formula is C23H31NO2. The summed E-state index contributed by atoms with van der Waals surface area (Å²) in [5.74, 6) is 1.10. The van der Waals surface area contributed by atoms with Gasteiger partial charge in [-0.1, -0.05) is 63.2 Å². The van der Waals surface area contributed by atoms with Crippen LogP contribution in [-0.4, -0.2) is 36.9 Å². The third-order valence-electron chi connectivity index (χ3n) is 4.87. The van der Waals surface area contributed by atoms with Gasteiger partial charge in [0.1, 0.15) is 18.1 Å². The Bertz CT molecular complexity index is 648. The molecule has 0 aliphatic carbocycles. The van der Waals surface area contributed by atoms with Gasteiger partial charge in [0, 0.05) is 18.9 Å². The first-order chi connectivity index (χ1) is 12.7. The van der Waals surface area contributed by atoms with Crippen molar-refractivity contribution in [3.8, 4) is 5.75 Å². The van der Waals surface area contributed by atoms with Gasteiger partial charge in [0.15, 0.2) is 0 Å². The van der Waals surface area contributed by atoms with Crippen LogP contribution in [0.15, 0.2) is 54.6 Å². The molecule has 0 radical (unpaired) electrons. The minimum atomic E-state index is -0.0735. The molecule has 0 fully saturated rings. The smallest absolute Gasteiger partial charge is 0.140 e. The Morgan fingerprint density at radius 3 is 2.19 bits per heavy atom. The van der Waals surface area contributed by atoms with Crippen molar-refractivity contribution in [1.29, 1.82) is 0 Å². The molecular weight excluding hydrogens is 322 g/mol. The highest BCUT2D eigenvalue weighted by atomic mass is 16.5. The van der Waals surface area contributed by atoms with Crippen LogP contribution in [0, 0.1) is 0 Å². The summed E-state index contributed by atoms with van der Waals surface area (Å²) in [5, 5.41) is 0. The van der Waals surface area contributed by atoms with Crippen LogP contribution in [0.1, 0.15) is 44.2 Å². The van der Waals surface area contributed by atoms with E-state index in [0.29, 0.717) is 13.0 Å². The van der Waals surface area contributed by atoms with Gasteiger partial charge < -0.3 is 9.64 Å². The van der Waals surface area contributed by atoms with Crippen molar-refractivity contribution >= 4 is 5.78 Å². The zero-order valence-corrected chi connectivity index (χ0v) is 16.3. The Labute approximate surface area is 158 Å². The molecule has 0 N–H and O–H groups in total. The Morgan fingerprint density at radius 2 is 1.62 bits per heavy atom. The highest BCUT2D eigenvalue weighted by Gasteiger charge is 2.19. The highest BCUT2D eigenvalue weighted by Crippen LogP contribution is 2.24. The fourth-order valence-electron chi connectivity index (χ4n) is 3.14. The van der Waals surface area contributed by atoms with Crippen molar-refractivity contribution in [3.05, 3.63) is 65.7 Å². The van der Waals surface area contributed by atoms with Gasteiger partial charge >= 0.3 is 0 Å². The normalized spacial score (nSPS) is 12.2. The Kier molecular flexibility index (Phi) is 8.36. The number of Topliss-reactive ketones (excluding diaryl/α,β-unsaturated/α-hetero) is 1. The summed E-state index contributed by atoms with van der Waals surface area (Å²) in [7, 11) is 0. The van der Waals surface area contributed by atoms with Crippen molar-refractivity contribution in [2.45, 2.75) is 39.5 Å². The van der Waals surface area contributed by atoms with Crippen LogP contribution in [0.4, 0.5) is 0 Å². The van der Waals surface area contributed by atoms with E-state index in [0.717, 1.165) is 42.9 Å². The molecule has 1 atom stereocenters. The van der Waals surface area contributed by atoms with Gasteiger partial charge in [-0.15, -0.1) is 0 Å². The van der Waals surface area contributed by atoms with E-state index in [1.54, 1.807) is 0 Å². The molecule has 0 bridgehead atoms. The number of hydrogen-bond donors (Lipinski definition) is 0. The second-order valence-corrected chi connectivity index (χ2v) is 6.51. The molecule has 140 valence electrons. The van der Waals surface area contributed by atoms with Gasteiger partial charge in [-0.3, -0.25) is 4.79 Å². The minimum Gasteiger partial charge on any atom is -0.492 e. The molecule has 0 amide bonds. The summed E-state index contributed by atoms with van der Waals surface area (Å²) in [4.78, 5) is 14.8.